The Hall–Kier alpha value is -1.24. The van der Waals surface area contributed by atoms with Crippen molar-refractivity contribution in [2.75, 3.05) is 19.7 Å². The topological polar surface area (TPSA) is 41.6 Å². The number of rotatable bonds is 2. The molecule has 0 aromatic heterocycles. The molecule has 2 aliphatic rings. The van der Waals surface area contributed by atoms with E-state index in [1.54, 1.807) is 4.90 Å². The first-order valence-corrected chi connectivity index (χ1v) is 8.47. The van der Waals surface area contributed by atoms with Crippen LogP contribution in [0.3, 0.4) is 0 Å². The molecule has 2 aliphatic heterocycles. The SMILES string of the molecule is CC1COC(C(=O)N2CCc3cc(C(C)(F)F)cc(Cl)c3C2)CN1. The van der Waals surface area contributed by atoms with E-state index in [0.29, 0.717) is 32.7 Å². The highest BCUT2D eigenvalue weighted by Crippen LogP contribution is 2.35. The Bertz CT molecular complexity index is 640. The van der Waals surface area contributed by atoms with Crippen molar-refractivity contribution in [3.05, 3.63) is 33.8 Å². The molecule has 1 N–H and O–H groups in total. The first kappa shape index (κ1) is 17.6. The van der Waals surface area contributed by atoms with Crippen LogP contribution in [0.25, 0.3) is 0 Å². The van der Waals surface area contributed by atoms with Crippen molar-refractivity contribution >= 4 is 17.5 Å². The first-order chi connectivity index (χ1) is 11.3. The molecular weight excluding hydrogens is 338 g/mol. The van der Waals surface area contributed by atoms with Crippen LogP contribution >= 0.6 is 11.6 Å². The summed E-state index contributed by atoms with van der Waals surface area (Å²) in [5, 5.41) is 3.51. The number of hydrogen-bond donors (Lipinski definition) is 1. The Balaban J connectivity index is 1.76. The largest absolute Gasteiger partial charge is 0.365 e. The second-order valence-corrected chi connectivity index (χ2v) is 7.03. The molecule has 1 amide bonds. The lowest BCUT2D eigenvalue weighted by atomic mass is 9.95. The molecule has 2 unspecified atom stereocenters. The zero-order valence-electron chi connectivity index (χ0n) is 13.7. The maximum Gasteiger partial charge on any atom is 0.270 e. The van der Waals surface area contributed by atoms with Crippen molar-refractivity contribution in [1.82, 2.24) is 10.2 Å². The maximum absolute atomic E-state index is 13.5. The summed E-state index contributed by atoms with van der Waals surface area (Å²) >= 11 is 6.21. The van der Waals surface area contributed by atoms with Gasteiger partial charge in [-0.15, -0.1) is 0 Å². The Morgan fingerprint density at radius 2 is 2.21 bits per heavy atom. The molecular formula is C17H21ClF2N2O2. The number of amides is 1. The molecule has 0 spiro atoms. The summed E-state index contributed by atoms with van der Waals surface area (Å²) in [6, 6.07) is 3.04. The van der Waals surface area contributed by atoms with E-state index in [0.717, 1.165) is 18.1 Å². The fraction of sp³-hybridized carbons (Fsp3) is 0.588. The minimum Gasteiger partial charge on any atom is -0.365 e. The van der Waals surface area contributed by atoms with Gasteiger partial charge in [-0.25, -0.2) is 8.78 Å². The summed E-state index contributed by atoms with van der Waals surface area (Å²) in [7, 11) is 0. The van der Waals surface area contributed by atoms with Gasteiger partial charge in [0.05, 0.1) is 6.61 Å². The number of nitrogens with one attached hydrogen (secondary N) is 1. The van der Waals surface area contributed by atoms with Gasteiger partial charge in [0.15, 0.2) is 0 Å². The van der Waals surface area contributed by atoms with Crippen LogP contribution in [0.2, 0.25) is 5.02 Å². The second-order valence-electron chi connectivity index (χ2n) is 6.63. The van der Waals surface area contributed by atoms with E-state index in [4.69, 9.17) is 16.3 Å². The maximum atomic E-state index is 13.5. The lowest BCUT2D eigenvalue weighted by Gasteiger charge is -2.35. The number of halogens is 3. The normalized spacial score (nSPS) is 24.6. The average Bonchev–Trinajstić information content (AvgIpc) is 2.53. The number of carbonyl (C=O) groups excluding carboxylic acids is 1. The first-order valence-electron chi connectivity index (χ1n) is 8.09. The molecule has 1 saturated heterocycles. The highest BCUT2D eigenvalue weighted by molar-refractivity contribution is 6.31. The van der Waals surface area contributed by atoms with E-state index in [2.05, 4.69) is 5.32 Å². The van der Waals surface area contributed by atoms with Crippen LogP contribution in [0.5, 0.6) is 0 Å². The van der Waals surface area contributed by atoms with E-state index < -0.39 is 12.0 Å². The van der Waals surface area contributed by atoms with Gasteiger partial charge in [-0.3, -0.25) is 4.79 Å². The minimum absolute atomic E-state index is 0.0824. The number of hydrogen-bond acceptors (Lipinski definition) is 3. The van der Waals surface area contributed by atoms with E-state index in [9.17, 15) is 13.6 Å². The number of fused-ring (bicyclic) bond motifs is 1. The highest BCUT2D eigenvalue weighted by atomic mass is 35.5. The summed E-state index contributed by atoms with van der Waals surface area (Å²) in [5.74, 6) is -3.01. The van der Waals surface area contributed by atoms with Gasteiger partial charge >= 0.3 is 0 Å². The molecule has 1 fully saturated rings. The summed E-state index contributed by atoms with van der Waals surface area (Å²) in [5.41, 5.74) is 1.46. The van der Waals surface area contributed by atoms with Crippen LogP contribution in [0.4, 0.5) is 8.78 Å². The molecule has 0 bridgehead atoms. The molecule has 3 rings (SSSR count). The molecule has 24 heavy (non-hydrogen) atoms. The molecule has 0 radical (unpaired) electrons. The molecule has 132 valence electrons. The Morgan fingerprint density at radius 1 is 1.46 bits per heavy atom. The van der Waals surface area contributed by atoms with Crippen LogP contribution in [0, 0.1) is 0 Å². The van der Waals surface area contributed by atoms with Gasteiger partial charge in [0, 0.05) is 43.2 Å². The van der Waals surface area contributed by atoms with Crippen molar-refractivity contribution in [1.29, 1.82) is 0 Å². The number of morpholine rings is 1. The molecule has 0 saturated carbocycles. The van der Waals surface area contributed by atoms with Gasteiger partial charge in [0.1, 0.15) is 6.10 Å². The molecule has 2 atom stereocenters. The van der Waals surface area contributed by atoms with Gasteiger partial charge in [0.25, 0.3) is 11.8 Å². The van der Waals surface area contributed by atoms with Crippen molar-refractivity contribution in [3.63, 3.8) is 0 Å². The summed E-state index contributed by atoms with van der Waals surface area (Å²) < 4.78 is 32.7. The molecule has 1 aromatic rings. The fourth-order valence-electron chi connectivity index (χ4n) is 3.11. The Kier molecular flexibility index (Phi) is 4.82. The molecule has 2 heterocycles. The number of carbonyl (C=O) groups is 1. The number of nitrogens with zero attached hydrogens (tertiary/aromatic N) is 1. The zero-order valence-corrected chi connectivity index (χ0v) is 14.5. The third-order valence-corrected chi connectivity index (χ3v) is 4.92. The fourth-order valence-corrected chi connectivity index (χ4v) is 3.41. The summed E-state index contributed by atoms with van der Waals surface area (Å²) in [6.07, 6.45) is 0.0159. The highest BCUT2D eigenvalue weighted by Gasteiger charge is 2.33. The molecule has 0 aliphatic carbocycles. The number of alkyl halides is 2. The van der Waals surface area contributed by atoms with E-state index in [-0.39, 0.29) is 22.5 Å². The van der Waals surface area contributed by atoms with Gasteiger partial charge in [-0.1, -0.05) is 11.6 Å². The predicted octanol–water partition coefficient (Wildman–Crippen LogP) is 2.71. The average molecular weight is 359 g/mol. The molecule has 4 nitrogen and oxygen atoms in total. The number of ether oxygens (including phenoxy) is 1. The van der Waals surface area contributed by atoms with E-state index in [1.165, 1.54) is 12.1 Å². The van der Waals surface area contributed by atoms with E-state index >= 15 is 0 Å². The zero-order chi connectivity index (χ0) is 17.5. The number of benzene rings is 1. The van der Waals surface area contributed by atoms with Gasteiger partial charge in [0.2, 0.25) is 0 Å². The standard InChI is InChI=1S/C17H21ClF2N2O2/c1-10-9-24-15(7-21-10)16(23)22-4-3-11-5-12(17(2,19)20)6-14(18)13(11)8-22/h5-6,10,15,21H,3-4,7-9H2,1-2H3. The minimum atomic E-state index is -2.93. The third-order valence-electron chi connectivity index (χ3n) is 4.58. The van der Waals surface area contributed by atoms with Gasteiger partial charge in [-0.05, 0) is 36.6 Å². The van der Waals surface area contributed by atoms with Crippen LogP contribution in [-0.2, 0) is 28.4 Å². The van der Waals surface area contributed by atoms with Crippen LogP contribution < -0.4 is 5.32 Å². The summed E-state index contributed by atoms with van der Waals surface area (Å²) in [6.45, 7) is 4.65. The predicted molar refractivity (Wildman–Crippen MR) is 87.3 cm³/mol. The van der Waals surface area contributed by atoms with Crippen molar-refractivity contribution in [3.8, 4) is 0 Å². The molecule has 7 heteroatoms. The van der Waals surface area contributed by atoms with Crippen LogP contribution in [-0.4, -0.2) is 42.6 Å². The monoisotopic (exact) mass is 358 g/mol. The van der Waals surface area contributed by atoms with Crippen molar-refractivity contribution in [2.45, 2.75) is 44.9 Å². The van der Waals surface area contributed by atoms with Crippen LogP contribution in [0.15, 0.2) is 12.1 Å². The quantitative estimate of drug-likeness (QED) is 0.883. The van der Waals surface area contributed by atoms with Crippen molar-refractivity contribution < 1.29 is 18.3 Å². The smallest absolute Gasteiger partial charge is 0.270 e. The second kappa shape index (κ2) is 6.58. The molecule has 1 aromatic carbocycles. The van der Waals surface area contributed by atoms with Crippen molar-refractivity contribution in [2.24, 2.45) is 0 Å². The Morgan fingerprint density at radius 3 is 2.83 bits per heavy atom. The lowest BCUT2D eigenvalue weighted by Crippen LogP contribution is -2.53. The van der Waals surface area contributed by atoms with Gasteiger partial charge in [-0.2, -0.15) is 0 Å². The summed E-state index contributed by atoms with van der Waals surface area (Å²) in [4.78, 5) is 14.3. The van der Waals surface area contributed by atoms with Crippen LogP contribution in [0.1, 0.15) is 30.5 Å². The third kappa shape index (κ3) is 3.55. The Labute approximate surface area is 145 Å². The van der Waals surface area contributed by atoms with Gasteiger partial charge < -0.3 is 15.0 Å². The lowest BCUT2D eigenvalue weighted by molar-refractivity contribution is -0.147. The van der Waals surface area contributed by atoms with E-state index in [1.807, 2.05) is 6.92 Å².